The molecule has 0 radical (unpaired) electrons. The summed E-state index contributed by atoms with van der Waals surface area (Å²) < 4.78 is 16.1. The monoisotopic (exact) mass is 351 g/mol. The van der Waals surface area contributed by atoms with Gasteiger partial charge in [-0.3, -0.25) is 0 Å². The third-order valence-electron chi connectivity index (χ3n) is 3.58. The second-order valence-corrected chi connectivity index (χ2v) is 5.23. The third kappa shape index (κ3) is 3.37. The van der Waals surface area contributed by atoms with Gasteiger partial charge in [0.15, 0.2) is 12.2 Å². The summed E-state index contributed by atoms with van der Waals surface area (Å²) in [6.07, 6.45) is 2.97. The van der Waals surface area contributed by atoms with Crippen molar-refractivity contribution in [2.45, 2.75) is 6.92 Å². The number of aromatic nitrogens is 2. The molecule has 3 N–H and O–H groups in total. The van der Waals surface area contributed by atoms with E-state index >= 15 is 0 Å². The van der Waals surface area contributed by atoms with Gasteiger partial charge in [0, 0.05) is 17.8 Å². The number of hydrogen-bond acceptors (Lipinski definition) is 8. The Balaban J connectivity index is 1.93. The van der Waals surface area contributed by atoms with Crippen molar-refractivity contribution in [3.63, 3.8) is 0 Å². The van der Waals surface area contributed by atoms with E-state index in [0.717, 1.165) is 11.3 Å². The predicted molar refractivity (Wildman–Crippen MR) is 96.3 cm³/mol. The van der Waals surface area contributed by atoms with E-state index in [1.54, 1.807) is 25.4 Å². The van der Waals surface area contributed by atoms with Crippen molar-refractivity contribution in [2.24, 2.45) is 0 Å². The zero-order valence-corrected chi connectivity index (χ0v) is 14.3. The maximum atomic E-state index is 9.19. The van der Waals surface area contributed by atoms with Crippen molar-refractivity contribution >= 4 is 17.2 Å². The quantitative estimate of drug-likeness (QED) is 0.694. The number of anilines is 3. The van der Waals surface area contributed by atoms with Gasteiger partial charge in [-0.15, -0.1) is 0 Å². The van der Waals surface area contributed by atoms with Crippen molar-refractivity contribution in [1.29, 1.82) is 5.26 Å². The second-order valence-electron chi connectivity index (χ2n) is 5.23. The molecule has 2 heterocycles. The summed E-state index contributed by atoms with van der Waals surface area (Å²) in [6, 6.07) is 9.08. The van der Waals surface area contributed by atoms with Gasteiger partial charge >= 0.3 is 0 Å². The lowest BCUT2D eigenvalue weighted by atomic mass is 10.1. The van der Waals surface area contributed by atoms with Crippen LogP contribution in [0.4, 0.5) is 17.2 Å². The first kappa shape index (κ1) is 17.1. The summed E-state index contributed by atoms with van der Waals surface area (Å²) in [7, 11) is 1.57. The molecule has 3 aromatic rings. The minimum atomic E-state index is 0.197. The first-order valence-electron chi connectivity index (χ1n) is 7.83. The lowest BCUT2D eigenvalue weighted by molar-refractivity contribution is 0.326. The summed E-state index contributed by atoms with van der Waals surface area (Å²) in [5, 5.41) is 12.3. The molecular formula is C18H17N5O3. The second kappa shape index (κ2) is 7.44. The van der Waals surface area contributed by atoms with Crippen LogP contribution in [0.15, 0.2) is 41.3 Å². The Labute approximate surface area is 150 Å². The maximum absolute atomic E-state index is 9.19. The normalized spacial score (nSPS) is 10.2. The van der Waals surface area contributed by atoms with Crippen molar-refractivity contribution in [3.8, 4) is 29.0 Å². The number of methoxy groups -OCH3 is 1. The summed E-state index contributed by atoms with van der Waals surface area (Å²) >= 11 is 0. The maximum Gasteiger partial charge on any atom is 0.235 e. The van der Waals surface area contributed by atoms with Crippen LogP contribution < -0.4 is 20.5 Å². The number of nitrogen functional groups attached to an aromatic ring is 1. The Morgan fingerprint density at radius 3 is 2.85 bits per heavy atom. The third-order valence-corrected chi connectivity index (χ3v) is 3.58. The number of benzene rings is 1. The van der Waals surface area contributed by atoms with Crippen LogP contribution in [-0.2, 0) is 0 Å². The van der Waals surface area contributed by atoms with Crippen molar-refractivity contribution in [1.82, 2.24) is 9.97 Å². The minimum Gasteiger partial charge on any atom is -0.496 e. The standard InChI is InChI=1S/C18H17N5O3/c1-3-25-18-13(8-19)14(20)7-17(23-18)22-11-4-5-12(15(6-11)24-2)16-9-21-10-26-16/h4-7,9-10H,3H2,1-2H3,(H3,20,22,23). The molecule has 0 amide bonds. The van der Waals surface area contributed by atoms with E-state index in [2.05, 4.69) is 15.3 Å². The number of nitrogens with two attached hydrogens (primary N) is 1. The fraction of sp³-hybridized carbons (Fsp3) is 0.167. The minimum absolute atomic E-state index is 0.197. The Hall–Kier alpha value is -3.73. The number of ether oxygens (including phenoxy) is 2. The van der Waals surface area contributed by atoms with Gasteiger partial charge in [-0.2, -0.15) is 10.2 Å². The molecule has 0 aliphatic heterocycles. The number of nitriles is 1. The van der Waals surface area contributed by atoms with E-state index in [1.165, 1.54) is 6.39 Å². The van der Waals surface area contributed by atoms with Crippen LogP contribution in [0.5, 0.6) is 11.6 Å². The van der Waals surface area contributed by atoms with Gasteiger partial charge in [-0.1, -0.05) is 0 Å². The molecule has 3 rings (SSSR count). The van der Waals surface area contributed by atoms with Gasteiger partial charge in [0.25, 0.3) is 0 Å². The summed E-state index contributed by atoms with van der Waals surface area (Å²) in [5.74, 6) is 1.87. The highest BCUT2D eigenvalue weighted by molar-refractivity contribution is 5.73. The number of pyridine rings is 1. The number of nitrogens with zero attached hydrogens (tertiary/aromatic N) is 3. The largest absolute Gasteiger partial charge is 0.496 e. The summed E-state index contributed by atoms with van der Waals surface area (Å²) in [6.45, 7) is 2.19. The van der Waals surface area contributed by atoms with E-state index in [1.807, 2.05) is 25.1 Å². The molecule has 0 fully saturated rings. The molecule has 0 bridgehead atoms. The SMILES string of the molecule is CCOc1nc(Nc2ccc(-c3cnco3)c(OC)c2)cc(N)c1C#N. The highest BCUT2D eigenvalue weighted by atomic mass is 16.5. The predicted octanol–water partition coefficient (Wildman–Crippen LogP) is 3.34. The van der Waals surface area contributed by atoms with Crippen LogP contribution in [-0.4, -0.2) is 23.7 Å². The van der Waals surface area contributed by atoms with Gasteiger partial charge in [0.1, 0.15) is 23.2 Å². The fourth-order valence-corrected chi connectivity index (χ4v) is 2.43. The molecule has 0 aliphatic carbocycles. The molecule has 0 saturated carbocycles. The van der Waals surface area contributed by atoms with Crippen LogP contribution in [0.25, 0.3) is 11.3 Å². The topological polar surface area (TPSA) is 119 Å². The van der Waals surface area contributed by atoms with E-state index in [4.69, 9.17) is 19.6 Å². The van der Waals surface area contributed by atoms with E-state index in [0.29, 0.717) is 29.6 Å². The molecule has 2 aromatic heterocycles. The molecule has 8 heteroatoms. The molecular weight excluding hydrogens is 334 g/mol. The van der Waals surface area contributed by atoms with Gasteiger partial charge < -0.3 is 24.9 Å². The average molecular weight is 351 g/mol. The number of hydrogen-bond donors (Lipinski definition) is 2. The van der Waals surface area contributed by atoms with Crippen LogP contribution in [0, 0.1) is 11.3 Å². The van der Waals surface area contributed by atoms with Crippen molar-refractivity contribution in [3.05, 3.63) is 42.4 Å². The first-order valence-corrected chi connectivity index (χ1v) is 7.83. The molecule has 8 nitrogen and oxygen atoms in total. The van der Waals surface area contributed by atoms with Gasteiger partial charge in [-0.05, 0) is 19.1 Å². The lowest BCUT2D eigenvalue weighted by Gasteiger charge is -2.13. The van der Waals surface area contributed by atoms with Gasteiger partial charge in [-0.25, -0.2) is 4.98 Å². The van der Waals surface area contributed by atoms with Gasteiger partial charge in [0.2, 0.25) is 5.88 Å². The highest BCUT2D eigenvalue weighted by Gasteiger charge is 2.14. The van der Waals surface area contributed by atoms with E-state index in [-0.39, 0.29) is 11.4 Å². The van der Waals surface area contributed by atoms with E-state index < -0.39 is 0 Å². The molecule has 132 valence electrons. The Morgan fingerprint density at radius 1 is 1.35 bits per heavy atom. The Morgan fingerprint density at radius 2 is 2.19 bits per heavy atom. The summed E-state index contributed by atoms with van der Waals surface area (Å²) in [4.78, 5) is 8.23. The molecule has 0 saturated heterocycles. The number of rotatable bonds is 6. The molecule has 0 unspecified atom stereocenters. The van der Waals surface area contributed by atoms with Crippen LogP contribution >= 0.6 is 0 Å². The zero-order valence-electron chi connectivity index (χ0n) is 14.3. The smallest absolute Gasteiger partial charge is 0.235 e. The molecule has 0 aliphatic rings. The van der Waals surface area contributed by atoms with Crippen LogP contribution in [0.2, 0.25) is 0 Å². The highest BCUT2D eigenvalue weighted by Crippen LogP contribution is 2.34. The lowest BCUT2D eigenvalue weighted by Crippen LogP contribution is -2.04. The summed E-state index contributed by atoms with van der Waals surface area (Å²) in [5.41, 5.74) is 7.94. The van der Waals surface area contributed by atoms with Crippen LogP contribution in [0.3, 0.4) is 0 Å². The zero-order chi connectivity index (χ0) is 18.5. The van der Waals surface area contributed by atoms with Crippen LogP contribution in [0.1, 0.15) is 12.5 Å². The van der Waals surface area contributed by atoms with Crippen molar-refractivity contribution in [2.75, 3.05) is 24.8 Å². The molecule has 0 spiro atoms. The van der Waals surface area contributed by atoms with E-state index in [9.17, 15) is 5.26 Å². The fourth-order valence-electron chi connectivity index (χ4n) is 2.43. The Bertz CT molecular complexity index is 948. The Kier molecular flexibility index (Phi) is 4.90. The van der Waals surface area contributed by atoms with Gasteiger partial charge in [0.05, 0.1) is 31.2 Å². The molecule has 26 heavy (non-hydrogen) atoms. The number of oxazole rings is 1. The molecule has 1 aromatic carbocycles. The van der Waals surface area contributed by atoms with Crippen molar-refractivity contribution < 1.29 is 13.9 Å². The first-order chi connectivity index (χ1) is 12.7. The average Bonchev–Trinajstić information content (AvgIpc) is 3.16. The number of nitrogens with one attached hydrogen (secondary N) is 1. The molecule has 0 atom stereocenters.